The van der Waals surface area contributed by atoms with Gasteiger partial charge in [-0.1, -0.05) is 37.3 Å². The molecular weight excluding hydrogens is 408 g/mol. The molecule has 0 spiro atoms. The minimum atomic E-state index is -0.468. The largest absolute Gasteiger partial charge is 0.497 e. The number of ether oxygens (including phenoxy) is 1. The van der Waals surface area contributed by atoms with Crippen molar-refractivity contribution in [1.29, 1.82) is 0 Å². The Morgan fingerprint density at radius 1 is 1.06 bits per heavy atom. The lowest BCUT2D eigenvalue weighted by atomic mass is 10.2. The fraction of sp³-hybridized carbons (Fsp3) is 0.130. The van der Waals surface area contributed by atoms with Gasteiger partial charge in [-0.2, -0.15) is 9.78 Å². The van der Waals surface area contributed by atoms with Crippen molar-refractivity contribution in [1.82, 2.24) is 19.7 Å². The summed E-state index contributed by atoms with van der Waals surface area (Å²) in [6.07, 6.45) is 0.588. The monoisotopic (exact) mass is 430 g/mol. The van der Waals surface area contributed by atoms with Crippen LogP contribution in [0.4, 0.5) is 16.3 Å². The Kier molecular flexibility index (Phi) is 5.98. The maximum Gasteiger partial charge on any atom is 0.324 e. The van der Waals surface area contributed by atoms with E-state index < -0.39 is 6.03 Å². The van der Waals surface area contributed by atoms with E-state index in [1.165, 1.54) is 10.7 Å². The van der Waals surface area contributed by atoms with E-state index in [-0.39, 0.29) is 11.5 Å². The number of anilines is 2. The molecule has 32 heavy (non-hydrogen) atoms. The molecule has 0 saturated carbocycles. The first-order chi connectivity index (χ1) is 15.6. The van der Waals surface area contributed by atoms with Gasteiger partial charge < -0.3 is 10.1 Å². The summed E-state index contributed by atoms with van der Waals surface area (Å²) in [7, 11) is 1.58. The number of nitrogens with one attached hydrogen (secondary N) is 3. The average Bonchev–Trinajstić information content (AvgIpc) is 3.23. The molecule has 162 valence electrons. The number of aryl methyl sites for hydroxylation is 1. The second-order valence-corrected chi connectivity index (χ2v) is 6.91. The van der Waals surface area contributed by atoms with Crippen LogP contribution in [-0.4, -0.2) is 32.9 Å². The SMILES string of the molecule is CCc1cc(=O)[nH]c(-n2nc(-c3ccccc3)cc2NC(=O)Nc2ccc(OC)cc2)n1. The zero-order valence-corrected chi connectivity index (χ0v) is 17.6. The Bertz CT molecular complexity index is 1280. The molecule has 0 fully saturated rings. The molecule has 4 rings (SSSR count). The third-order valence-electron chi connectivity index (χ3n) is 4.71. The van der Waals surface area contributed by atoms with Gasteiger partial charge in [0.25, 0.3) is 5.56 Å². The standard InChI is InChI=1S/C23H22N6O3/c1-3-16-13-21(30)27-22(24-16)29-20(14-19(28-29)15-7-5-4-6-8-15)26-23(31)25-17-9-11-18(32-2)12-10-17/h4-14H,3H2,1-2H3,(H,24,27,30)(H2,25,26,31). The van der Waals surface area contributed by atoms with Crippen molar-refractivity contribution >= 4 is 17.5 Å². The Hall–Kier alpha value is -4.40. The van der Waals surface area contributed by atoms with Crippen LogP contribution in [0.15, 0.2) is 71.5 Å². The number of hydrogen-bond donors (Lipinski definition) is 3. The highest BCUT2D eigenvalue weighted by Gasteiger charge is 2.16. The molecule has 9 heteroatoms. The van der Waals surface area contributed by atoms with Crippen molar-refractivity contribution in [2.24, 2.45) is 0 Å². The molecule has 0 radical (unpaired) electrons. The number of amides is 2. The summed E-state index contributed by atoms with van der Waals surface area (Å²) in [6, 6.07) is 19.2. The van der Waals surface area contributed by atoms with Crippen molar-refractivity contribution in [2.45, 2.75) is 13.3 Å². The summed E-state index contributed by atoms with van der Waals surface area (Å²) in [5.41, 5.74) is 2.40. The van der Waals surface area contributed by atoms with E-state index >= 15 is 0 Å². The van der Waals surface area contributed by atoms with Gasteiger partial charge in [0, 0.05) is 29.1 Å². The van der Waals surface area contributed by atoms with Gasteiger partial charge in [0.2, 0.25) is 5.95 Å². The lowest BCUT2D eigenvalue weighted by Gasteiger charge is -2.10. The molecule has 2 aromatic carbocycles. The van der Waals surface area contributed by atoms with E-state index in [1.54, 1.807) is 37.4 Å². The quantitative estimate of drug-likeness (QED) is 0.430. The minimum Gasteiger partial charge on any atom is -0.497 e. The summed E-state index contributed by atoms with van der Waals surface area (Å²) in [5, 5.41) is 10.1. The van der Waals surface area contributed by atoms with Gasteiger partial charge in [0.05, 0.1) is 12.8 Å². The Labute approximate surface area is 184 Å². The maximum atomic E-state index is 12.7. The van der Waals surface area contributed by atoms with Gasteiger partial charge >= 0.3 is 6.03 Å². The molecule has 0 aliphatic heterocycles. The van der Waals surface area contributed by atoms with Crippen molar-refractivity contribution in [3.63, 3.8) is 0 Å². The van der Waals surface area contributed by atoms with Crippen molar-refractivity contribution in [3.05, 3.63) is 82.8 Å². The van der Waals surface area contributed by atoms with Gasteiger partial charge in [-0.15, -0.1) is 0 Å². The molecule has 0 aliphatic rings. The van der Waals surface area contributed by atoms with E-state index in [0.29, 0.717) is 35.1 Å². The molecule has 0 bridgehead atoms. The highest BCUT2D eigenvalue weighted by atomic mass is 16.5. The van der Waals surface area contributed by atoms with E-state index in [2.05, 4.69) is 25.7 Å². The van der Waals surface area contributed by atoms with Crippen LogP contribution in [0, 0.1) is 0 Å². The fourth-order valence-electron chi connectivity index (χ4n) is 3.11. The lowest BCUT2D eigenvalue weighted by molar-refractivity contribution is 0.262. The number of hydrogen-bond acceptors (Lipinski definition) is 5. The van der Waals surface area contributed by atoms with E-state index in [4.69, 9.17) is 4.74 Å². The van der Waals surface area contributed by atoms with Crippen LogP contribution >= 0.6 is 0 Å². The van der Waals surface area contributed by atoms with Gasteiger partial charge in [0.15, 0.2) is 0 Å². The third kappa shape index (κ3) is 4.67. The van der Waals surface area contributed by atoms with Crippen LogP contribution in [0.25, 0.3) is 17.2 Å². The van der Waals surface area contributed by atoms with E-state index in [0.717, 1.165) is 5.56 Å². The number of methoxy groups -OCH3 is 1. The normalized spacial score (nSPS) is 10.6. The summed E-state index contributed by atoms with van der Waals surface area (Å²) >= 11 is 0. The number of H-pyrrole nitrogens is 1. The second-order valence-electron chi connectivity index (χ2n) is 6.91. The van der Waals surface area contributed by atoms with Gasteiger partial charge in [-0.05, 0) is 30.7 Å². The zero-order chi connectivity index (χ0) is 22.5. The van der Waals surface area contributed by atoms with E-state index in [1.807, 2.05) is 37.3 Å². The predicted octanol–water partition coefficient (Wildman–Crippen LogP) is 3.84. The summed E-state index contributed by atoms with van der Waals surface area (Å²) in [5.74, 6) is 1.26. The van der Waals surface area contributed by atoms with Crippen molar-refractivity contribution in [3.8, 4) is 23.0 Å². The van der Waals surface area contributed by atoms with Gasteiger partial charge in [0.1, 0.15) is 11.6 Å². The third-order valence-corrected chi connectivity index (χ3v) is 4.71. The molecule has 2 heterocycles. The molecule has 0 atom stereocenters. The zero-order valence-electron chi connectivity index (χ0n) is 17.6. The maximum absolute atomic E-state index is 12.7. The number of nitrogens with zero attached hydrogens (tertiary/aromatic N) is 3. The smallest absolute Gasteiger partial charge is 0.324 e. The van der Waals surface area contributed by atoms with Crippen LogP contribution in [0.2, 0.25) is 0 Å². The van der Waals surface area contributed by atoms with Gasteiger partial charge in [-0.25, -0.2) is 9.78 Å². The lowest BCUT2D eigenvalue weighted by Crippen LogP contribution is -2.22. The molecule has 0 aliphatic carbocycles. The highest BCUT2D eigenvalue weighted by Crippen LogP contribution is 2.24. The fourth-order valence-corrected chi connectivity index (χ4v) is 3.11. The minimum absolute atomic E-state index is 0.219. The van der Waals surface area contributed by atoms with Crippen LogP contribution in [0.5, 0.6) is 5.75 Å². The number of carbonyl (C=O) groups is 1. The number of aromatic nitrogens is 4. The molecule has 9 nitrogen and oxygen atoms in total. The summed E-state index contributed by atoms with van der Waals surface area (Å²) in [6.45, 7) is 1.91. The van der Waals surface area contributed by atoms with Crippen LogP contribution < -0.4 is 20.9 Å². The number of carbonyl (C=O) groups excluding carboxylic acids is 1. The molecule has 2 amide bonds. The Balaban J connectivity index is 1.68. The molecular formula is C23H22N6O3. The topological polar surface area (TPSA) is 114 Å². The number of aromatic amines is 1. The molecule has 4 aromatic rings. The number of rotatable bonds is 6. The Morgan fingerprint density at radius 2 is 1.81 bits per heavy atom. The predicted molar refractivity (Wildman–Crippen MR) is 122 cm³/mol. The van der Waals surface area contributed by atoms with Crippen LogP contribution in [-0.2, 0) is 6.42 Å². The first-order valence-electron chi connectivity index (χ1n) is 10.0. The number of urea groups is 1. The Morgan fingerprint density at radius 3 is 2.50 bits per heavy atom. The first kappa shape index (κ1) is 20.9. The van der Waals surface area contributed by atoms with Crippen molar-refractivity contribution in [2.75, 3.05) is 17.7 Å². The molecule has 3 N–H and O–H groups in total. The van der Waals surface area contributed by atoms with Gasteiger partial charge in [-0.3, -0.25) is 15.1 Å². The molecule has 0 saturated heterocycles. The molecule has 0 unspecified atom stereocenters. The highest BCUT2D eigenvalue weighted by molar-refractivity contribution is 5.99. The number of benzene rings is 2. The average molecular weight is 430 g/mol. The second kappa shape index (κ2) is 9.17. The summed E-state index contributed by atoms with van der Waals surface area (Å²) < 4.78 is 6.55. The molecule has 2 aromatic heterocycles. The van der Waals surface area contributed by atoms with Crippen LogP contribution in [0.1, 0.15) is 12.6 Å². The summed E-state index contributed by atoms with van der Waals surface area (Å²) in [4.78, 5) is 31.9. The van der Waals surface area contributed by atoms with Crippen LogP contribution in [0.3, 0.4) is 0 Å². The first-order valence-corrected chi connectivity index (χ1v) is 10.0. The van der Waals surface area contributed by atoms with Crippen molar-refractivity contribution < 1.29 is 9.53 Å². The van der Waals surface area contributed by atoms with E-state index in [9.17, 15) is 9.59 Å².